The zero-order valence-corrected chi connectivity index (χ0v) is 12.9. The third-order valence-electron chi connectivity index (χ3n) is 4.30. The van der Waals surface area contributed by atoms with Crippen LogP contribution >= 0.6 is 0 Å². The van der Waals surface area contributed by atoms with Crippen LogP contribution in [0.3, 0.4) is 0 Å². The Hall–Kier alpha value is -0.120. The van der Waals surface area contributed by atoms with Gasteiger partial charge in [-0.1, -0.05) is 6.92 Å². The highest BCUT2D eigenvalue weighted by atomic mass is 15.1. The van der Waals surface area contributed by atoms with Crippen LogP contribution in [0.25, 0.3) is 0 Å². The van der Waals surface area contributed by atoms with Gasteiger partial charge in [-0.25, -0.2) is 0 Å². The van der Waals surface area contributed by atoms with Gasteiger partial charge in [0.15, 0.2) is 0 Å². The first kappa shape index (κ1) is 15.9. The van der Waals surface area contributed by atoms with Crippen molar-refractivity contribution in [1.82, 2.24) is 15.1 Å². The Bertz CT molecular complexity index is 200. The number of hydrogen-bond acceptors (Lipinski definition) is 3. The second-order valence-corrected chi connectivity index (χ2v) is 6.07. The van der Waals surface area contributed by atoms with Crippen LogP contribution in [0.4, 0.5) is 0 Å². The first-order chi connectivity index (χ1) is 8.63. The van der Waals surface area contributed by atoms with Gasteiger partial charge in [0.2, 0.25) is 0 Å². The van der Waals surface area contributed by atoms with E-state index in [2.05, 4.69) is 43.1 Å². The molecule has 0 spiro atoms. The molecule has 1 fully saturated rings. The molecule has 0 saturated carbocycles. The topological polar surface area (TPSA) is 18.5 Å². The summed E-state index contributed by atoms with van der Waals surface area (Å²) in [5.41, 5.74) is 0. The van der Waals surface area contributed by atoms with Crippen LogP contribution in [0.5, 0.6) is 0 Å². The molecule has 0 aliphatic carbocycles. The van der Waals surface area contributed by atoms with Crippen LogP contribution in [-0.2, 0) is 0 Å². The van der Waals surface area contributed by atoms with Crippen molar-refractivity contribution in [1.29, 1.82) is 0 Å². The summed E-state index contributed by atoms with van der Waals surface area (Å²) in [5.74, 6) is 0.914. The summed E-state index contributed by atoms with van der Waals surface area (Å²) in [4.78, 5) is 5.01. The fraction of sp³-hybridized carbons (Fsp3) is 1.00. The van der Waals surface area contributed by atoms with Gasteiger partial charge in [-0.3, -0.25) is 0 Å². The number of likely N-dealkylation sites (tertiary alicyclic amines) is 1. The molecule has 18 heavy (non-hydrogen) atoms. The minimum absolute atomic E-state index is 0.703. The first-order valence-corrected chi connectivity index (χ1v) is 7.73. The van der Waals surface area contributed by atoms with Gasteiger partial charge < -0.3 is 15.1 Å². The molecule has 3 heteroatoms. The van der Waals surface area contributed by atoms with Crippen LogP contribution in [0.1, 0.15) is 39.5 Å². The highest BCUT2D eigenvalue weighted by Crippen LogP contribution is 2.18. The molecular weight excluding hydrogens is 222 g/mol. The molecule has 1 atom stereocenters. The SMILES string of the molecule is CCCNCCC(C)N(C)CC1CCN(C)CC1. The summed E-state index contributed by atoms with van der Waals surface area (Å²) >= 11 is 0. The molecule has 3 nitrogen and oxygen atoms in total. The Kier molecular flexibility index (Phi) is 7.87. The van der Waals surface area contributed by atoms with E-state index in [4.69, 9.17) is 0 Å². The minimum atomic E-state index is 0.703. The molecule has 1 aliphatic heterocycles. The Labute approximate surface area is 114 Å². The Balaban J connectivity index is 2.12. The summed E-state index contributed by atoms with van der Waals surface area (Å²) in [6.07, 6.45) is 5.26. The minimum Gasteiger partial charge on any atom is -0.317 e. The van der Waals surface area contributed by atoms with Crippen molar-refractivity contribution in [2.45, 2.75) is 45.6 Å². The fourth-order valence-corrected chi connectivity index (χ4v) is 2.66. The van der Waals surface area contributed by atoms with E-state index in [0.717, 1.165) is 19.0 Å². The molecule has 1 rings (SSSR count). The molecular formula is C15H33N3. The maximum Gasteiger partial charge on any atom is 0.00760 e. The average molecular weight is 255 g/mol. The van der Waals surface area contributed by atoms with Crippen molar-refractivity contribution in [2.75, 3.05) is 46.8 Å². The van der Waals surface area contributed by atoms with Crippen LogP contribution in [0.15, 0.2) is 0 Å². The summed E-state index contributed by atoms with van der Waals surface area (Å²) < 4.78 is 0. The highest BCUT2D eigenvalue weighted by molar-refractivity contribution is 4.75. The molecule has 0 radical (unpaired) electrons. The van der Waals surface area contributed by atoms with Crippen LogP contribution in [0.2, 0.25) is 0 Å². The molecule has 0 aromatic rings. The van der Waals surface area contributed by atoms with Gasteiger partial charge >= 0.3 is 0 Å². The van der Waals surface area contributed by atoms with Crippen molar-refractivity contribution in [2.24, 2.45) is 5.92 Å². The zero-order valence-electron chi connectivity index (χ0n) is 12.9. The average Bonchev–Trinajstić information content (AvgIpc) is 2.37. The van der Waals surface area contributed by atoms with Gasteiger partial charge in [-0.2, -0.15) is 0 Å². The smallest absolute Gasteiger partial charge is 0.00760 e. The largest absolute Gasteiger partial charge is 0.317 e. The number of hydrogen-bond donors (Lipinski definition) is 1. The van der Waals surface area contributed by atoms with Gasteiger partial charge in [-0.05, 0) is 78.8 Å². The summed E-state index contributed by atoms with van der Waals surface area (Å²) in [6.45, 7) is 10.8. The van der Waals surface area contributed by atoms with E-state index in [1.807, 2.05) is 0 Å². The molecule has 1 unspecified atom stereocenters. The maximum atomic E-state index is 3.50. The molecule has 1 heterocycles. The van der Waals surface area contributed by atoms with E-state index in [9.17, 15) is 0 Å². The highest BCUT2D eigenvalue weighted by Gasteiger charge is 2.19. The van der Waals surface area contributed by atoms with E-state index in [-0.39, 0.29) is 0 Å². The zero-order chi connectivity index (χ0) is 13.4. The predicted octanol–water partition coefficient (Wildman–Crippen LogP) is 2.04. The standard InChI is InChI=1S/C15H33N3/c1-5-9-16-10-6-14(2)18(4)13-15-7-11-17(3)12-8-15/h14-16H,5-13H2,1-4H3. The number of piperidine rings is 1. The molecule has 1 saturated heterocycles. The third kappa shape index (κ3) is 6.17. The summed E-state index contributed by atoms with van der Waals surface area (Å²) in [6, 6.07) is 0.703. The lowest BCUT2D eigenvalue weighted by atomic mass is 9.96. The van der Waals surface area contributed by atoms with Crippen LogP contribution in [0, 0.1) is 5.92 Å². The quantitative estimate of drug-likeness (QED) is 0.670. The van der Waals surface area contributed by atoms with Crippen molar-refractivity contribution < 1.29 is 0 Å². The van der Waals surface area contributed by atoms with Crippen LogP contribution < -0.4 is 5.32 Å². The van der Waals surface area contributed by atoms with Gasteiger partial charge in [-0.15, -0.1) is 0 Å². The van der Waals surface area contributed by atoms with E-state index < -0.39 is 0 Å². The van der Waals surface area contributed by atoms with E-state index in [1.54, 1.807) is 0 Å². The lowest BCUT2D eigenvalue weighted by molar-refractivity contribution is 0.151. The van der Waals surface area contributed by atoms with Crippen molar-refractivity contribution >= 4 is 0 Å². The predicted molar refractivity (Wildman–Crippen MR) is 80.1 cm³/mol. The Morgan fingerprint density at radius 3 is 2.56 bits per heavy atom. The first-order valence-electron chi connectivity index (χ1n) is 7.73. The number of nitrogens with zero attached hydrogens (tertiary/aromatic N) is 2. The van der Waals surface area contributed by atoms with Crippen LogP contribution in [-0.4, -0.2) is 62.7 Å². The van der Waals surface area contributed by atoms with Crippen molar-refractivity contribution in [3.05, 3.63) is 0 Å². The molecule has 108 valence electrons. The van der Waals surface area contributed by atoms with Crippen molar-refractivity contribution in [3.8, 4) is 0 Å². The van der Waals surface area contributed by atoms with E-state index in [0.29, 0.717) is 6.04 Å². The normalized spacial score (nSPS) is 20.5. The lowest BCUT2D eigenvalue weighted by Crippen LogP contribution is -2.39. The molecule has 0 bridgehead atoms. The number of rotatable bonds is 8. The molecule has 0 aromatic heterocycles. The number of nitrogens with one attached hydrogen (secondary N) is 1. The molecule has 0 amide bonds. The monoisotopic (exact) mass is 255 g/mol. The second-order valence-electron chi connectivity index (χ2n) is 6.07. The summed E-state index contributed by atoms with van der Waals surface area (Å²) in [5, 5.41) is 3.50. The fourth-order valence-electron chi connectivity index (χ4n) is 2.66. The third-order valence-corrected chi connectivity index (χ3v) is 4.30. The Morgan fingerprint density at radius 1 is 1.28 bits per heavy atom. The Morgan fingerprint density at radius 2 is 1.94 bits per heavy atom. The van der Waals surface area contributed by atoms with Gasteiger partial charge in [0.25, 0.3) is 0 Å². The summed E-state index contributed by atoms with van der Waals surface area (Å²) in [7, 11) is 4.53. The van der Waals surface area contributed by atoms with Crippen molar-refractivity contribution in [3.63, 3.8) is 0 Å². The van der Waals surface area contributed by atoms with E-state index in [1.165, 1.54) is 45.3 Å². The van der Waals surface area contributed by atoms with Gasteiger partial charge in [0.1, 0.15) is 0 Å². The second kappa shape index (κ2) is 8.89. The molecule has 1 N–H and O–H groups in total. The maximum absolute atomic E-state index is 3.50. The lowest BCUT2D eigenvalue weighted by Gasteiger charge is -2.34. The molecule has 0 aromatic carbocycles. The van der Waals surface area contributed by atoms with E-state index >= 15 is 0 Å². The van der Waals surface area contributed by atoms with Gasteiger partial charge in [0.05, 0.1) is 0 Å². The molecule has 1 aliphatic rings. The van der Waals surface area contributed by atoms with Gasteiger partial charge in [0, 0.05) is 12.6 Å².